The van der Waals surface area contributed by atoms with E-state index in [9.17, 15) is 18.4 Å². The number of nitrogens with two attached hydrogens (primary N) is 2. The molecule has 25 heteroatoms. The summed E-state index contributed by atoms with van der Waals surface area (Å²) in [7, 11) is -0.515. The van der Waals surface area contributed by atoms with Gasteiger partial charge in [-0.05, 0) is 209 Å². The van der Waals surface area contributed by atoms with Crippen LogP contribution >= 0.6 is 15.9 Å². The Hall–Kier alpha value is -8.22. The van der Waals surface area contributed by atoms with Crippen LogP contribution in [0, 0.1) is 25.5 Å². The number of likely N-dealkylation sites (tertiary alicyclic amines) is 2. The summed E-state index contributed by atoms with van der Waals surface area (Å²) in [6.07, 6.45) is 8.86. The predicted octanol–water partition coefficient (Wildman–Crippen LogP) is 14.6. The van der Waals surface area contributed by atoms with E-state index in [0.29, 0.717) is 42.1 Å². The number of fused-ring (bicyclic) bond motifs is 4. The molecular weight excluding hydrogens is 1310 g/mol. The quantitative estimate of drug-likeness (QED) is 0.0332. The summed E-state index contributed by atoms with van der Waals surface area (Å²) >= 11 is 3.42. The predicted molar refractivity (Wildman–Crippen MR) is 381 cm³/mol. The third-order valence-corrected chi connectivity index (χ3v) is 17.9. The van der Waals surface area contributed by atoms with Crippen molar-refractivity contribution in [2.45, 2.75) is 98.7 Å². The van der Waals surface area contributed by atoms with E-state index < -0.39 is 42.0 Å². The number of benzene rings is 7. The maximum atomic E-state index is 14.2. The number of hydrogen-bond acceptors (Lipinski definition) is 13. The van der Waals surface area contributed by atoms with Gasteiger partial charge in [-0.15, -0.1) is 0 Å². The Morgan fingerprint density at radius 1 is 0.611 bits per heavy atom. The molecule has 10 N–H and O–H groups in total. The number of hydrogen-bond donors (Lipinski definition) is 8. The molecule has 10 aromatic rings. The standard InChI is InChI=1S/C32H33FN6O2.C24H26BFN2O3.C13H18BrN5O.CH4.B.V/c1-20-9-12-25(33)27(19-20)36-32(40)35-26-13-10-22(21-7-2-3-8-23(21)26)24-11-14-28(30-29(24)31(34)38-37-30)41-18-6-17-39-15-4-5-16-39;1-15-10-12-19(26)21(14-15)28-22(29)27-20-13-11-18(16-8-6-7-9-17(16)20)25-30-23(2,3)24(4,5)31-25;14-9-8-16-13(11-10(9)12(15)18-17-11)20-7-3-6-19-4-1-2-5-19;;;/h2-3,7-14,19H,4-6,15-18H2,1H3,(H3,34,37,38)(H2,35,36,40);6-14H,1-5H3,(H2,27,28,29);8H,1-7H2,(H3,15,17,18);1H4;;. The molecule has 0 unspecified atom stereocenters. The van der Waals surface area contributed by atoms with Gasteiger partial charge in [0.05, 0.1) is 57.9 Å². The molecule has 0 atom stereocenters. The Balaban J connectivity index is 0.000000190. The van der Waals surface area contributed by atoms with Crippen molar-refractivity contribution in [3.05, 3.63) is 155 Å². The van der Waals surface area contributed by atoms with E-state index in [1.165, 1.54) is 64.0 Å². The van der Waals surface area contributed by atoms with Crippen molar-refractivity contribution in [1.82, 2.24) is 35.2 Å². The Morgan fingerprint density at radius 2 is 1.07 bits per heavy atom. The van der Waals surface area contributed by atoms with Crippen LogP contribution in [0.15, 0.2) is 132 Å². The molecule has 4 radical (unpaired) electrons. The molecule has 3 fully saturated rings. The van der Waals surface area contributed by atoms with E-state index in [1.54, 1.807) is 30.5 Å². The fraction of sp³-hybridized carbons (Fsp3) is 0.329. The summed E-state index contributed by atoms with van der Waals surface area (Å²) in [6, 6.07) is 35.1. The van der Waals surface area contributed by atoms with Crippen molar-refractivity contribution in [3.8, 4) is 22.8 Å². The third-order valence-electron chi connectivity index (χ3n) is 17.3. The monoisotopic (exact) mass is 1390 g/mol. The van der Waals surface area contributed by atoms with Gasteiger partial charge in [0.1, 0.15) is 28.4 Å². The second-order valence-corrected chi connectivity index (χ2v) is 25.3. The smallest absolute Gasteiger partial charge is 0.491 e. The van der Waals surface area contributed by atoms with Crippen LogP contribution in [0.5, 0.6) is 11.6 Å². The maximum Gasteiger partial charge on any atom is 0.495 e. The molecule has 19 nitrogen and oxygen atoms in total. The number of urea groups is 2. The molecule has 3 aliphatic heterocycles. The normalized spacial score (nSPS) is 14.8. The first-order valence-corrected chi connectivity index (χ1v) is 31.9. The van der Waals surface area contributed by atoms with Crippen LogP contribution in [0.2, 0.25) is 0 Å². The summed E-state index contributed by atoms with van der Waals surface area (Å²) in [5, 5.41) is 30.3. The fourth-order valence-corrected chi connectivity index (χ4v) is 12.3. The molecular formula is C70H81B2BrF2N13O6V. The Bertz CT molecular complexity index is 4310. The number of aryl methyl sites for hydroxylation is 2. The first-order valence-electron chi connectivity index (χ1n) is 31.1. The average Bonchev–Trinajstić information content (AvgIpc) is 1.73. The average molecular weight is 1390 g/mol. The Labute approximate surface area is 575 Å². The van der Waals surface area contributed by atoms with Crippen LogP contribution in [0.3, 0.4) is 0 Å². The van der Waals surface area contributed by atoms with Gasteiger partial charge in [0.25, 0.3) is 0 Å². The van der Waals surface area contributed by atoms with Crippen molar-refractivity contribution in [2.75, 3.05) is 85.2 Å². The van der Waals surface area contributed by atoms with Crippen molar-refractivity contribution in [2.24, 2.45) is 0 Å². The number of H-pyrrole nitrogens is 2. The molecule has 494 valence electrons. The molecule has 7 aromatic carbocycles. The van der Waals surface area contributed by atoms with Crippen LogP contribution < -0.4 is 47.7 Å². The number of ether oxygens (including phenoxy) is 2. The van der Waals surface area contributed by atoms with Crippen molar-refractivity contribution in [1.29, 1.82) is 0 Å². The molecule has 0 spiro atoms. The van der Waals surface area contributed by atoms with Crippen LogP contribution in [0.4, 0.5) is 52.8 Å². The van der Waals surface area contributed by atoms with Gasteiger partial charge < -0.3 is 61.3 Å². The minimum absolute atomic E-state index is 0. The Kier molecular flexibility index (Phi) is 24.5. The maximum absolute atomic E-state index is 14.2. The number of carbonyl (C=O) groups is 2. The van der Waals surface area contributed by atoms with Gasteiger partial charge in [-0.1, -0.05) is 80.2 Å². The van der Waals surface area contributed by atoms with Gasteiger partial charge in [0.2, 0.25) is 5.88 Å². The zero-order chi connectivity index (χ0) is 64.7. The molecule has 3 saturated heterocycles. The number of halogens is 3. The zero-order valence-electron chi connectivity index (χ0n) is 53.6. The number of aromatic nitrogens is 5. The van der Waals surface area contributed by atoms with Gasteiger partial charge in [-0.2, -0.15) is 10.2 Å². The van der Waals surface area contributed by atoms with Gasteiger partial charge in [0.15, 0.2) is 11.6 Å². The largest absolute Gasteiger partial charge is 0.495 e. The van der Waals surface area contributed by atoms with Crippen molar-refractivity contribution >= 4 is 127 Å². The number of nitrogens with zero attached hydrogens (tertiary/aromatic N) is 5. The van der Waals surface area contributed by atoms with Crippen LogP contribution in [-0.4, -0.2) is 126 Å². The number of nitrogen functional groups attached to an aromatic ring is 2. The van der Waals surface area contributed by atoms with Crippen molar-refractivity contribution in [3.63, 3.8) is 0 Å². The molecule has 0 bridgehead atoms. The summed E-state index contributed by atoms with van der Waals surface area (Å²) in [4.78, 5) is 34.6. The number of anilines is 6. The van der Waals surface area contributed by atoms with Crippen LogP contribution in [-0.2, 0) is 27.9 Å². The molecule has 0 aliphatic carbocycles. The second kappa shape index (κ2) is 32.0. The minimum atomic E-state index is -0.528. The van der Waals surface area contributed by atoms with Crippen molar-refractivity contribution < 1.29 is 55.7 Å². The second-order valence-electron chi connectivity index (χ2n) is 24.4. The number of amides is 4. The summed E-state index contributed by atoms with van der Waals surface area (Å²) in [5.41, 5.74) is 18.7. The molecule has 6 heterocycles. The van der Waals surface area contributed by atoms with Crippen LogP contribution in [0.25, 0.3) is 54.5 Å². The number of carbonyl (C=O) groups excluding carboxylic acids is 2. The van der Waals surface area contributed by atoms with E-state index in [1.807, 2.05) is 126 Å². The van der Waals surface area contributed by atoms with E-state index in [0.717, 1.165) is 107 Å². The van der Waals surface area contributed by atoms with Gasteiger partial charge in [-0.3, -0.25) is 10.2 Å². The van der Waals surface area contributed by atoms with Crippen LogP contribution in [0.1, 0.15) is 84.8 Å². The summed E-state index contributed by atoms with van der Waals surface area (Å²) < 4.78 is 53.4. The number of rotatable bonds is 16. The number of pyridine rings is 1. The molecule has 95 heavy (non-hydrogen) atoms. The summed E-state index contributed by atoms with van der Waals surface area (Å²) in [5.74, 6) is 1.15. The molecule has 0 saturated carbocycles. The van der Waals surface area contributed by atoms with Gasteiger partial charge in [0, 0.05) is 61.5 Å². The first-order chi connectivity index (χ1) is 44.3. The van der Waals surface area contributed by atoms with E-state index in [-0.39, 0.29) is 45.8 Å². The van der Waals surface area contributed by atoms with Gasteiger partial charge in [-0.25, -0.2) is 23.4 Å². The zero-order valence-corrected chi connectivity index (χ0v) is 56.6. The number of aromatic amines is 2. The number of nitrogens with one attached hydrogen (secondary N) is 6. The fourth-order valence-electron chi connectivity index (χ4n) is 11.8. The topological polar surface area (TPSA) is 248 Å². The molecule has 13 rings (SSSR count). The summed E-state index contributed by atoms with van der Waals surface area (Å²) in [6.45, 7) is 19.9. The third kappa shape index (κ3) is 16.9. The van der Waals surface area contributed by atoms with E-state index in [4.69, 9.17) is 30.2 Å². The molecule has 4 amide bonds. The minimum Gasteiger partial charge on any atom is -0.491 e. The van der Waals surface area contributed by atoms with E-state index in [2.05, 4.69) is 72.4 Å². The molecule has 3 aliphatic rings. The SMILES string of the molecule is C.Cc1ccc(F)c(NC(=O)Nc2ccc(-c3ccc(OCCCN4CCCC4)c4[nH]nc(N)c34)c3ccccc23)c1.Cc1ccc(F)c(NC(=O)Nc2ccc(B3OC(C)(C)C(C)(C)O3)c3ccccc23)c1.Nc1n[nH]c2c(OCCCN3CCCC3)ncc(Br)c12.[B].[V]. The molecule has 3 aromatic heterocycles. The van der Waals surface area contributed by atoms with E-state index >= 15 is 0 Å². The van der Waals surface area contributed by atoms with Gasteiger partial charge >= 0.3 is 19.2 Å². The first kappa shape index (κ1) is 72.6. The Morgan fingerprint density at radius 3 is 1.63 bits per heavy atom.